The lowest BCUT2D eigenvalue weighted by atomic mass is 10.2. The molecule has 0 fully saturated rings. The Hall–Kier alpha value is -1.00. The number of halogens is 1. The van der Waals surface area contributed by atoms with Crippen molar-refractivity contribution in [2.75, 3.05) is 5.75 Å². The predicted octanol–water partition coefficient (Wildman–Crippen LogP) is 3.96. The summed E-state index contributed by atoms with van der Waals surface area (Å²) >= 11 is 7.60. The summed E-state index contributed by atoms with van der Waals surface area (Å²) in [6.07, 6.45) is 1.97. The first-order valence-corrected chi connectivity index (χ1v) is 7.86. The summed E-state index contributed by atoms with van der Waals surface area (Å²) in [7, 11) is 0. The normalized spacial score (nSPS) is 11.1. The van der Waals surface area contributed by atoms with Crippen LogP contribution in [0.4, 0.5) is 0 Å². The maximum absolute atomic E-state index is 12.5. The van der Waals surface area contributed by atoms with Crippen molar-refractivity contribution in [1.82, 2.24) is 9.55 Å². The molecular formula is C14H17ClN2OS. The molecule has 1 aromatic carbocycles. The fraction of sp³-hybridized carbons (Fsp3) is 0.429. The molecule has 0 unspecified atom stereocenters. The van der Waals surface area contributed by atoms with Gasteiger partial charge < -0.3 is 0 Å². The van der Waals surface area contributed by atoms with Crippen LogP contribution >= 0.6 is 23.4 Å². The van der Waals surface area contributed by atoms with Crippen LogP contribution in [0.5, 0.6) is 0 Å². The highest BCUT2D eigenvalue weighted by atomic mass is 35.5. The molecule has 5 heteroatoms. The Balaban J connectivity index is 2.62. The molecule has 0 aliphatic heterocycles. The quantitative estimate of drug-likeness (QED) is 0.619. The van der Waals surface area contributed by atoms with E-state index in [0.717, 1.165) is 23.8 Å². The summed E-state index contributed by atoms with van der Waals surface area (Å²) in [6.45, 7) is 4.89. The van der Waals surface area contributed by atoms with E-state index in [9.17, 15) is 4.79 Å². The van der Waals surface area contributed by atoms with E-state index < -0.39 is 0 Å². The molecule has 1 aromatic heterocycles. The largest absolute Gasteiger partial charge is 0.287 e. The SMILES string of the molecule is CCCSc1nc2cc(Cl)ccc2c(=O)n1CCC. The molecular weight excluding hydrogens is 280 g/mol. The van der Waals surface area contributed by atoms with Gasteiger partial charge in [0.15, 0.2) is 5.16 Å². The van der Waals surface area contributed by atoms with Gasteiger partial charge in [0.1, 0.15) is 0 Å². The van der Waals surface area contributed by atoms with Crippen molar-refractivity contribution in [3.05, 3.63) is 33.6 Å². The molecule has 0 spiro atoms. The van der Waals surface area contributed by atoms with Gasteiger partial charge in [-0.05, 0) is 31.0 Å². The van der Waals surface area contributed by atoms with Gasteiger partial charge in [-0.25, -0.2) is 4.98 Å². The van der Waals surface area contributed by atoms with Crippen molar-refractivity contribution in [3.8, 4) is 0 Å². The third-order valence-electron chi connectivity index (χ3n) is 2.76. The third-order valence-corrected chi connectivity index (χ3v) is 4.18. The van der Waals surface area contributed by atoms with Gasteiger partial charge >= 0.3 is 0 Å². The number of fused-ring (bicyclic) bond motifs is 1. The Bertz CT molecular complexity index is 639. The van der Waals surface area contributed by atoms with Crippen molar-refractivity contribution in [2.24, 2.45) is 0 Å². The molecule has 0 aliphatic rings. The fourth-order valence-electron chi connectivity index (χ4n) is 1.90. The van der Waals surface area contributed by atoms with Crippen LogP contribution in [-0.4, -0.2) is 15.3 Å². The third kappa shape index (κ3) is 3.12. The number of benzene rings is 1. The van der Waals surface area contributed by atoms with E-state index in [1.165, 1.54) is 0 Å². The molecule has 0 bridgehead atoms. The van der Waals surface area contributed by atoms with E-state index in [4.69, 9.17) is 11.6 Å². The molecule has 0 atom stereocenters. The maximum Gasteiger partial charge on any atom is 0.262 e. The number of nitrogens with zero attached hydrogens (tertiary/aromatic N) is 2. The summed E-state index contributed by atoms with van der Waals surface area (Å²) in [4.78, 5) is 17.1. The minimum atomic E-state index is 0.0297. The highest BCUT2D eigenvalue weighted by molar-refractivity contribution is 7.99. The second kappa shape index (κ2) is 6.44. The Morgan fingerprint density at radius 3 is 2.79 bits per heavy atom. The number of rotatable bonds is 5. The van der Waals surface area contributed by atoms with Crippen molar-refractivity contribution in [3.63, 3.8) is 0 Å². The first-order chi connectivity index (χ1) is 9.17. The summed E-state index contributed by atoms with van der Waals surface area (Å²) in [5.41, 5.74) is 0.713. The van der Waals surface area contributed by atoms with E-state index in [1.807, 2.05) is 0 Å². The van der Waals surface area contributed by atoms with Gasteiger partial charge in [0, 0.05) is 17.3 Å². The Morgan fingerprint density at radius 1 is 1.32 bits per heavy atom. The molecule has 3 nitrogen and oxygen atoms in total. The zero-order chi connectivity index (χ0) is 13.8. The first-order valence-electron chi connectivity index (χ1n) is 6.50. The second-order valence-corrected chi connectivity index (χ2v) is 5.86. The number of thioether (sulfide) groups is 1. The second-order valence-electron chi connectivity index (χ2n) is 4.36. The molecule has 0 saturated carbocycles. The van der Waals surface area contributed by atoms with Crippen LogP contribution in [0.3, 0.4) is 0 Å². The van der Waals surface area contributed by atoms with Gasteiger partial charge in [0.25, 0.3) is 5.56 Å². The predicted molar refractivity (Wildman–Crippen MR) is 82.3 cm³/mol. The van der Waals surface area contributed by atoms with Gasteiger partial charge in [-0.3, -0.25) is 9.36 Å². The van der Waals surface area contributed by atoms with Gasteiger partial charge in [-0.15, -0.1) is 0 Å². The highest BCUT2D eigenvalue weighted by Crippen LogP contribution is 2.21. The van der Waals surface area contributed by atoms with E-state index in [-0.39, 0.29) is 5.56 Å². The van der Waals surface area contributed by atoms with Gasteiger partial charge in [0.2, 0.25) is 0 Å². The van der Waals surface area contributed by atoms with Crippen LogP contribution in [0.2, 0.25) is 5.02 Å². The van der Waals surface area contributed by atoms with Crippen molar-refractivity contribution in [2.45, 2.75) is 38.4 Å². The molecule has 1 heterocycles. The van der Waals surface area contributed by atoms with Crippen LogP contribution in [0.15, 0.2) is 28.2 Å². The summed E-state index contributed by atoms with van der Waals surface area (Å²) < 4.78 is 1.77. The topological polar surface area (TPSA) is 34.9 Å². The average Bonchev–Trinajstić information content (AvgIpc) is 2.40. The van der Waals surface area contributed by atoms with E-state index in [0.29, 0.717) is 22.5 Å². The standard InChI is InChI=1S/C14H17ClN2OS/c1-3-7-17-13(18)11-6-5-10(15)9-12(11)16-14(17)19-8-4-2/h5-6,9H,3-4,7-8H2,1-2H3. The van der Waals surface area contributed by atoms with Crippen molar-refractivity contribution in [1.29, 1.82) is 0 Å². The molecule has 102 valence electrons. The molecule has 0 N–H and O–H groups in total. The molecule has 0 saturated heterocycles. The molecule has 2 rings (SSSR count). The molecule has 2 aromatic rings. The van der Waals surface area contributed by atoms with Gasteiger partial charge in [-0.1, -0.05) is 37.2 Å². The highest BCUT2D eigenvalue weighted by Gasteiger charge is 2.11. The fourth-order valence-corrected chi connectivity index (χ4v) is 2.94. The molecule has 0 aliphatic carbocycles. The molecule has 0 radical (unpaired) electrons. The van der Waals surface area contributed by atoms with E-state index in [1.54, 1.807) is 34.5 Å². The maximum atomic E-state index is 12.5. The summed E-state index contributed by atoms with van der Waals surface area (Å²) in [5, 5.41) is 2.04. The van der Waals surface area contributed by atoms with E-state index >= 15 is 0 Å². The van der Waals surface area contributed by atoms with Gasteiger partial charge in [0.05, 0.1) is 10.9 Å². The zero-order valence-electron chi connectivity index (χ0n) is 11.1. The van der Waals surface area contributed by atoms with Gasteiger partial charge in [-0.2, -0.15) is 0 Å². The zero-order valence-corrected chi connectivity index (χ0v) is 12.7. The molecule has 19 heavy (non-hydrogen) atoms. The van der Waals surface area contributed by atoms with Crippen LogP contribution < -0.4 is 5.56 Å². The lowest BCUT2D eigenvalue weighted by Gasteiger charge is -2.11. The van der Waals surface area contributed by atoms with Crippen molar-refractivity contribution >= 4 is 34.3 Å². The number of hydrogen-bond donors (Lipinski definition) is 0. The van der Waals surface area contributed by atoms with Crippen molar-refractivity contribution < 1.29 is 0 Å². The lowest BCUT2D eigenvalue weighted by molar-refractivity contribution is 0.584. The van der Waals surface area contributed by atoms with Crippen LogP contribution in [0, 0.1) is 0 Å². The first kappa shape index (κ1) is 14.4. The number of hydrogen-bond acceptors (Lipinski definition) is 3. The molecule has 0 amide bonds. The van der Waals surface area contributed by atoms with Crippen LogP contribution in [0.1, 0.15) is 26.7 Å². The van der Waals surface area contributed by atoms with Crippen LogP contribution in [-0.2, 0) is 6.54 Å². The lowest BCUT2D eigenvalue weighted by Crippen LogP contribution is -2.23. The summed E-state index contributed by atoms with van der Waals surface area (Å²) in [6, 6.07) is 5.25. The van der Waals surface area contributed by atoms with E-state index in [2.05, 4.69) is 18.8 Å². The number of aromatic nitrogens is 2. The Morgan fingerprint density at radius 2 is 2.11 bits per heavy atom. The average molecular weight is 297 g/mol. The smallest absolute Gasteiger partial charge is 0.262 e. The summed E-state index contributed by atoms with van der Waals surface area (Å²) in [5.74, 6) is 0.961. The Labute approximate surface area is 122 Å². The minimum Gasteiger partial charge on any atom is -0.287 e. The van der Waals surface area contributed by atoms with Crippen LogP contribution in [0.25, 0.3) is 10.9 Å². The monoisotopic (exact) mass is 296 g/mol. The Kier molecular flexibility index (Phi) is 4.88. The minimum absolute atomic E-state index is 0.0297.